The number of likely N-dealkylation sites (N-methyl/N-ethyl adjacent to an activating group) is 1. The van der Waals surface area contributed by atoms with Crippen LogP contribution in [0.1, 0.15) is 20.8 Å². The molecule has 1 unspecified atom stereocenters. The van der Waals surface area contributed by atoms with E-state index in [4.69, 9.17) is 11.1 Å². The number of hydrogen-bond acceptors (Lipinski definition) is 3. The standard InChI is InChI=1S/C10H22N4/c1-8(9(11)12)14-6-5-13(4)10(2,3)7-14/h8H,5-7H2,1-4H3,(H3,11,12). The van der Waals surface area contributed by atoms with Crippen molar-refractivity contribution in [2.75, 3.05) is 26.7 Å². The molecule has 0 radical (unpaired) electrons. The first kappa shape index (κ1) is 11.5. The third-order valence-electron chi connectivity index (χ3n) is 3.34. The predicted molar refractivity (Wildman–Crippen MR) is 59.7 cm³/mol. The lowest BCUT2D eigenvalue weighted by atomic mass is 9.98. The van der Waals surface area contributed by atoms with Crippen molar-refractivity contribution in [3.63, 3.8) is 0 Å². The lowest BCUT2D eigenvalue weighted by molar-refractivity contribution is 0.0330. The minimum atomic E-state index is 0.0722. The summed E-state index contributed by atoms with van der Waals surface area (Å²) in [6, 6.07) is 0.0722. The van der Waals surface area contributed by atoms with Gasteiger partial charge in [-0.05, 0) is 27.8 Å². The molecule has 1 rings (SSSR count). The molecule has 0 spiro atoms. The smallest absolute Gasteiger partial charge is 0.108 e. The van der Waals surface area contributed by atoms with Crippen molar-refractivity contribution >= 4 is 5.84 Å². The van der Waals surface area contributed by atoms with Crippen LogP contribution < -0.4 is 5.73 Å². The first-order chi connectivity index (χ1) is 6.34. The third kappa shape index (κ3) is 2.25. The van der Waals surface area contributed by atoms with Crippen molar-refractivity contribution in [1.82, 2.24) is 9.80 Å². The van der Waals surface area contributed by atoms with E-state index in [-0.39, 0.29) is 17.4 Å². The summed E-state index contributed by atoms with van der Waals surface area (Å²) in [5.41, 5.74) is 5.70. The highest BCUT2D eigenvalue weighted by atomic mass is 15.3. The summed E-state index contributed by atoms with van der Waals surface area (Å²) in [6.45, 7) is 9.48. The largest absolute Gasteiger partial charge is 0.386 e. The van der Waals surface area contributed by atoms with Crippen LogP contribution in [-0.4, -0.2) is 53.9 Å². The second-order valence-corrected chi connectivity index (χ2v) is 4.84. The van der Waals surface area contributed by atoms with Gasteiger partial charge in [0, 0.05) is 25.2 Å². The fraction of sp³-hybridized carbons (Fsp3) is 0.900. The second-order valence-electron chi connectivity index (χ2n) is 4.84. The minimum Gasteiger partial charge on any atom is -0.386 e. The SMILES string of the molecule is CC(C(=N)N)N1CCN(C)C(C)(C)C1. The molecule has 14 heavy (non-hydrogen) atoms. The van der Waals surface area contributed by atoms with Crippen LogP contribution in [0.4, 0.5) is 0 Å². The van der Waals surface area contributed by atoms with Gasteiger partial charge in [0.15, 0.2) is 0 Å². The van der Waals surface area contributed by atoms with Gasteiger partial charge in [0.25, 0.3) is 0 Å². The van der Waals surface area contributed by atoms with Crippen LogP contribution in [0.2, 0.25) is 0 Å². The fourth-order valence-electron chi connectivity index (χ4n) is 1.81. The molecule has 1 fully saturated rings. The van der Waals surface area contributed by atoms with Crippen molar-refractivity contribution in [2.45, 2.75) is 32.4 Å². The van der Waals surface area contributed by atoms with Gasteiger partial charge in [0.1, 0.15) is 5.84 Å². The molecular weight excluding hydrogens is 176 g/mol. The van der Waals surface area contributed by atoms with Crippen LogP contribution in [-0.2, 0) is 0 Å². The van der Waals surface area contributed by atoms with Gasteiger partial charge in [0.2, 0.25) is 0 Å². The summed E-state index contributed by atoms with van der Waals surface area (Å²) in [4.78, 5) is 4.64. The highest BCUT2D eigenvalue weighted by molar-refractivity contribution is 5.82. The van der Waals surface area contributed by atoms with E-state index < -0.39 is 0 Å². The van der Waals surface area contributed by atoms with Crippen molar-refractivity contribution < 1.29 is 0 Å². The topological polar surface area (TPSA) is 56.4 Å². The van der Waals surface area contributed by atoms with Gasteiger partial charge in [-0.2, -0.15) is 0 Å². The molecular formula is C10H22N4. The highest BCUT2D eigenvalue weighted by Gasteiger charge is 2.33. The number of rotatable bonds is 2. The summed E-state index contributed by atoms with van der Waals surface area (Å²) in [6.07, 6.45) is 0. The van der Waals surface area contributed by atoms with Crippen molar-refractivity contribution in [3.05, 3.63) is 0 Å². The van der Waals surface area contributed by atoms with Crippen molar-refractivity contribution in [3.8, 4) is 0 Å². The zero-order valence-corrected chi connectivity index (χ0v) is 9.67. The van der Waals surface area contributed by atoms with E-state index >= 15 is 0 Å². The molecule has 0 saturated carbocycles. The number of piperazine rings is 1. The summed E-state index contributed by atoms with van der Waals surface area (Å²) in [5.74, 6) is 0.269. The van der Waals surface area contributed by atoms with Crippen LogP contribution in [0.3, 0.4) is 0 Å². The Morgan fingerprint density at radius 1 is 1.43 bits per heavy atom. The summed E-state index contributed by atoms with van der Waals surface area (Å²) >= 11 is 0. The number of amidine groups is 1. The van der Waals surface area contributed by atoms with Crippen LogP contribution in [0.25, 0.3) is 0 Å². The van der Waals surface area contributed by atoms with E-state index in [1.54, 1.807) is 0 Å². The molecule has 1 atom stereocenters. The maximum Gasteiger partial charge on any atom is 0.108 e. The number of nitrogens with zero attached hydrogens (tertiary/aromatic N) is 2. The average molecular weight is 198 g/mol. The maximum atomic E-state index is 7.44. The number of hydrogen-bond donors (Lipinski definition) is 2. The first-order valence-electron chi connectivity index (χ1n) is 5.14. The summed E-state index contributed by atoms with van der Waals surface area (Å²) < 4.78 is 0. The normalized spacial score (nSPS) is 26.0. The Hall–Kier alpha value is -0.610. The molecule has 1 saturated heterocycles. The molecule has 3 N–H and O–H groups in total. The molecule has 1 heterocycles. The number of nitrogens with one attached hydrogen (secondary N) is 1. The molecule has 0 aromatic carbocycles. The van der Waals surface area contributed by atoms with Gasteiger partial charge in [-0.25, -0.2) is 0 Å². The Balaban J connectivity index is 2.64. The first-order valence-corrected chi connectivity index (χ1v) is 5.14. The Morgan fingerprint density at radius 2 is 2.00 bits per heavy atom. The molecule has 4 heteroatoms. The zero-order chi connectivity index (χ0) is 10.9. The molecule has 4 nitrogen and oxygen atoms in total. The molecule has 1 aliphatic heterocycles. The average Bonchev–Trinajstić information content (AvgIpc) is 2.08. The molecule has 1 aliphatic rings. The maximum absolute atomic E-state index is 7.44. The highest BCUT2D eigenvalue weighted by Crippen LogP contribution is 2.20. The molecule has 0 aromatic rings. The van der Waals surface area contributed by atoms with Gasteiger partial charge in [0.05, 0.1) is 6.04 Å². The van der Waals surface area contributed by atoms with Gasteiger partial charge >= 0.3 is 0 Å². The van der Waals surface area contributed by atoms with E-state index in [9.17, 15) is 0 Å². The van der Waals surface area contributed by atoms with Gasteiger partial charge < -0.3 is 5.73 Å². The Kier molecular flexibility index (Phi) is 3.17. The molecule has 82 valence electrons. The minimum absolute atomic E-state index is 0.0722. The van der Waals surface area contributed by atoms with Crippen LogP contribution >= 0.6 is 0 Å². The van der Waals surface area contributed by atoms with E-state index in [1.807, 2.05) is 6.92 Å². The van der Waals surface area contributed by atoms with E-state index in [1.165, 1.54) is 0 Å². The van der Waals surface area contributed by atoms with Crippen molar-refractivity contribution in [2.24, 2.45) is 5.73 Å². The quantitative estimate of drug-likeness (QED) is 0.497. The van der Waals surface area contributed by atoms with Gasteiger partial charge in [-0.3, -0.25) is 15.2 Å². The van der Waals surface area contributed by atoms with Crippen LogP contribution in [0, 0.1) is 5.41 Å². The summed E-state index contributed by atoms with van der Waals surface area (Å²) in [5, 5.41) is 7.44. The monoisotopic (exact) mass is 198 g/mol. The lowest BCUT2D eigenvalue weighted by Gasteiger charge is -2.47. The second kappa shape index (κ2) is 3.87. The Bertz CT molecular complexity index is 224. The van der Waals surface area contributed by atoms with Crippen molar-refractivity contribution in [1.29, 1.82) is 5.41 Å². The van der Waals surface area contributed by atoms with E-state index in [0.717, 1.165) is 19.6 Å². The van der Waals surface area contributed by atoms with E-state index in [0.29, 0.717) is 0 Å². The fourth-order valence-corrected chi connectivity index (χ4v) is 1.81. The third-order valence-corrected chi connectivity index (χ3v) is 3.34. The summed E-state index contributed by atoms with van der Waals surface area (Å²) in [7, 11) is 2.15. The van der Waals surface area contributed by atoms with Crippen LogP contribution in [0.15, 0.2) is 0 Å². The van der Waals surface area contributed by atoms with Gasteiger partial charge in [-0.15, -0.1) is 0 Å². The zero-order valence-electron chi connectivity index (χ0n) is 9.67. The Labute approximate surface area is 86.6 Å². The van der Waals surface area contributed by atoms with E-state index in [2.05, 4.69) is 30.7 Å². The number of nitrogens with two attached hydrogens (primary N) is 1. The van der Waals surface area contributed by atoms with Crippen LogP contribution in [0.5, 0.6) is 0 Å². The molecule has 0 bridgehead atoms. The molecule has 0 aromatic heterocycles. The lowest BCUT2D eigenvalue weighted by Crippen LogP contribution is -2.61. The molecule has 0 aliphatic carbocycles. The Morgan fingerprint density at radius 3 is 2.43 bits per heavy atom. The molecule has 0 amide bonds. The predicted octanol–water partition coefficient (Wildman–Crippen LogP) is 0.337. The van der Waals surface area contributed by atoms with Gasteiger partial charge in [-0.1, -0.05) is 0 Å².